The van der Waals surface area contributed by atoms with Gasteiger partial charge < -0.3 is 4.74 Å². The van der Waals surface area contributed by atoms with E-state index < -0.39 is 5.60 Å². The summed E-state index contributed by atoms with van der Waals surface area (Å²) in [7, 11) is 0. The highest BCUT2D eigenvalue weighted by Crippen LogP contribution is 2.21. The minimum Gasteiger partial charge on any atom is -0.367 e. The molecule has 0 aromatic rings. The predicted octanol–water partition coefficient (Wildman–Crippen LogP) is 3.75. The Hall–Kier alpha value is -0.630. The van der Waals surface area contributed by atoms with E-state index in [-0.39, 0.29) is 11.2 Å². The molecule has 0 radical (unpaired) electrons. The van der Waals surface area contributed by atoms with E-state index in [2.05, 4.69) is 27.4 Å². The fourth-order valence-corrected chi connectivity index (χ4v) is 1.11. The first kappa shape index (κ1) is 15.4. The van der Waals surface area contributed by atoms with E-state index in [9.17, 15) is 4.79 Å². The quantitative estimate of drug-likeness (QED) is 0.645. The summed E-state index contributed by atoms with van der Waals surface area (Å²) in [5.41, 5.74) is 0.453. The summed E-state index contributed by atoms with van der Waals surface area (Å²) < 4.78 is 5.71. The van der Waals surface area contributed by atoms with Crippen molar-refractivity contribution in [3.63, 3.8) is 0 Å². The Bertz CT molecular complexity index is 256. The summed E-state index contributed by atoms with van der Waals surface area (Å²) in [4.78, 5) is 11.9. The first-order valence-electron chi connectivity index (χ1n) is 5.86. The molecule has 0 aliphatic carbocycles. The third kappa shape index (κ3) is 6.78. The first-order chi connectivity index (χ1) is 7.04. The van der Waals surface area contributed by atoms with Crippen molar-refractivity contribution in [1.29, 1.82) is 0 Å². The molecule has 94 valence electrons. The molecule has 0 aliphatic heterocycles. The molecule has 0 aliphatic rings. The second-order valence-corrected chi connectivity index (χ2v) is 6.24. The molecule has 0 fully saturated rings. The molecule has 2 heteroatoms. The van der Waals surface area contributed by atoms with Crippen molar-refractivity contribution in [3.8, 4) is 0 Å². The van der Waals surface area contributed by atoms with Gasteiger partial charge in [0.1, 0.15) is 5.60 Å². The molecular weight excluding hydrogens is 200 g/mol. The summed E-state index contributed by atoms with van der Waals surface area (Å²) in [6.07, 6.45) is 1.27. The highest BCUT2D eigenvalue weighted by atomic mass is 16.5. The van der Waals surface area contributed by atoms with Gasteiger partial charge in [0.05, 0.1) is 6.61 Å². The van der Waals surface area contributed by atoms with Gasteiger partial charge >= 0.3 is 0 Å². The van der Waals surface area contributed by atoms with Crippen LogP contribution in [0.4, 0.5) is 0 Å². The standard InChI is InChI=1S/C14H26O2/c1-11(2)8-9-12(15)14(6,7)16-10-13(3,4)5/h1,8-10H2,2-7H3. The van der Waals surface area contributed by atoms with Crippen LogP contribution in [0.5, 0.6) is 0 Å². The summed E-state index contributed by atoms with van der Waals surface area (Å²) in [5, 5.41) is 0. The molecule has 0 heterocycles. The van der Waals surface area contributed by atoms with Crippen LogP contribution in [0.15, 0.2) is 12.2 Å². The number of carbonyl (C=O) groups is 1. The molecule has 0 unspecified atom stereocenters. The van der Waals surface area contributed by atoms with Crippen molar-refractivity contribution in [1.82, 2.24) is 0 Å². The second kappa shape index (κ2) is 5.62. The average molecular weight is 226 g/mol. The van der Waals surface area contributed by atoms with Crippen molar-refractivity contribution < 1.29 is 9.53 Å². The van der Waals surface area contributed by atoms with Gasteiger partial charge in [0.2, 0.25) is 0 Å². The number of hydrogen-bond acceptors (Lipinski definition) is 2. The molecule has 0 rings (SSSR count). The fourth-order valence-electron chi connectivity index (χ4n) is 1.11. The maximum atomic E-state index is 11.9. The number of Topliss-reactive ketones (excluding diaryl/α,β-unsaturated/α-hetero) is 1. The molecule has 16 heavy (non-hydrogen) atoms. The molecule has 0 saturated heterocycles. The molecule has 0 spiro atoms. The van der Waals surface area contributed by atoms with Crippen molar-refractivity contribution in [3.05, 3.63) is 12.2 Å². The smallest absolute Gasteiger partial charge is 0.164 e. The van der Waals surface area contributed by atoms with Gasteiger partial charge in [-0.25, -0.2) is 0 Å². The summed E-state index contributed by atoms with van der Waals surface area (Å²) in [6, 6.07) is 0. The fraction of sp³-hybridized carbons (Fsp3) is 0.786. The van der Waals surface area contributed by atoms with Crippen molar-refractivity contribution in [2.45, 2.75) is 60.0 Å². The van der Waals surface area contributed by atoms with Gasteiger partial charge in [-0.1, -0.05) is 26.3 Å². The number of ether oxygens (including phenoxy) is 1. The number of allylic oxidation sites excluding steroid dienone is 1. The lowest BCUT2D eigenvalue weighted by molar-refractivity contribution is -0.143. The van der Waals surface area contributed by atoms with Crippen LogP contribution in [0.25, 0.3) is 0 Å². The Labute approximate surface area is 100 Å². The minimum atomic E-state index is -0.678. The summed E-state index contributed by atoms with van der Waals surface area (Å²) in [5.74, 6) is 0.153. The number of hydrogen-bond donors (Lipinski definition) is 0. The monoisotopic (exact) mass is 226 g/mol. The predicted molar refractivity (Wildman–Crippen MR) is 68.5 cm³/mol. The number of rotatable bonds is 6. The van der Waals surface area contributed by atoms with Gasteiger partial charge in [-0.2, -0.15) is 0 Å². The molecule has 0 bridgehead atoms. The second-order valence-electron chi connectivity index (χ2n) is 6.24. The average Bonchev–Trinajstić information content (AvgIpc) is 2.10. The van der Waals surface area contributed by atoms with Gasteiger partial charge in [-0.3, -0.25) is 4.79 Å². The first-order valence-corrected chi connectivity index (χ1v) is 5.86. The van der Waals surface area contributed by atoms with E-state index >= 15 is 0 Å². The lowest BCUT2D eigenvalue weighted by Gasteiger charge is -2.28. The Balaban J connectivity index is 4.20. The van der Waals surface area contributed by atoms with E-state index in [0.29, 0.717) is 13.0 Å². The molecule has 0 N–H and O–H groups in total. The lowest BCUT2D eigenvalue weighted by atomic mass is 9.95. The van der Waals surface area contributed by atoms with Crippen LogP contribution >= 0.6 is 0 Å². The van der Waals surface area contributed by atoms with E-state index in [1.807, 2.05) is 20.8 Å². The molecule has 0 aromatic heterocycles. The lowest BCUT2D eigenvalue weighted by Crippen LogP contribution is -2.37. The molecule has 0 atom stereocenters. The van der Waals surface area contributed by atoms with Crippen LogP contribution in [-0.2, 0) is 9.53 Å². The van der Waals surface area contributed by atoms with Gasteiger partial charge in [-0.05, 0) is 32.6 Å². The zero-order valence-corrected chi connectivity index (χ0v) is 11.6. The largest absolute Gasteiger partial charge is 0.367 e. The number of ketones is 1. The van der Waals surface area contributed by atoms with E-state index in [1.165, 1.54) is 0 Å². The van der Waals surface area contributed by atoms with Crippen LogP contribution in [0.1, 0.15) is 54.4 Å². The molecule has 0 amide bonds. The van der Waals surface area contributed by atoms with E-state index in [1.54, 1.807) is 0 Å². The third-order valence-electron chi connectivity index (χ3n) is 2.32. The van der Waals surface area contributed by atoms with Gasteiger partial charge in [-0.15, -0.1) is 6.58 Å². The SMILES string of the molecule is C=C(C)CCC(=O)C(C)(C)OCC(C)(C)C. The van der Waals surface area contributed by atoms with Gasteiger partial charge in [0.15, 0.2) is 5.78 Å². The Kier molecular flexibility index (Phi) is 5.40. The van der Waals surface area contributed by atoms with Crippen LogP contribution < -0.4 is 0 Å². The zero-order chi connectivity index (χ0) is 13.0. The van der Waals surface area contributed by atoms with Crippen molar-refractivity contribution >= 4 is 5.78 Å². The number of carbonyl (C=O) groups excluding carboxylic acids is 1. The van der Waals surface area contributed by atoms with Gasteiger partial charge in [0, 0.05) is 6.42 Å². The molecule has 0 aromatic carbocycles. The Morgan fingerprint density at radius 2 is 1.62 bits per heavy atom. The van der Waals surface area contributed by atoms with Crippen LogP contribution in [0.2, 0.25) is 0 Å². The maximum Gasteiger partial charge on any atom is 0.164 e. The molecular formula is C14H26O2. The molecule has 2 nitrogen and oxygen atoms in total. The Morgan fingerprint density at radius 3 is 2.00 bits per heavy atom. The van der Waals surface area contributed by atoms with Crippen LogP contribution in [-0.4, -0.2) is 18.0 Å². The summed E-state index contributed by atoms with van der Waals surface area (Å²) in [6.45, 7) is 16.3. The van der Waals surface area contributed by atoms with E-state index in [4.69, 9.17) is 4.74 Å². The maximum absolute atomic E-state index is 11.9. The van der Waals surface area contributed by atoms with Crippen molar-refractivity contribution in [2.24, 2.45) is 5.41 Å². The topological polar surface area (TPSA) is 26.3 Å². The van der Waals surface area contributed by atoms with Crippen LogP contribution in [0, 0.1) is 5.41 Å². The van der Waals surface area contributed by atoms with Crippen molar-refractivity contribution in [2.75, 3.05) is 6.61 Å². The Morgan fingerprint density at radius 1 is 1.12 bits per heavy atom. The highest BCUT2D eigenvalue weighted by molar-refractivity contribution is 5.86. The highest BCUT2D eigenvalue weighted by Gasteiger charge is 2.29. The summed E-state index contributed by atoms with van der Waals surface area (Å²) >= 11 is 0. The van der Waals surface area contributed by atoms with Gasteiger partial charge in [0.25, 0.3) is 0 Å². The third-order valence-corrected chi connectivity index (χ3v) is 2.32. The van der Waals surface area contributed by atoms with Crippen LogP contribution in [0.3, 0.4) is 0 Å². The van der Waals surface area contributed by atoms with E-state index in [0.717, 1.165) is 12.0 Å². The zero-order valence-electron chi connectivity index (χ0n) is 11.6. The normalized spacial score (nSPS) is 12.6. The molecule has 0 saturated carbocycles. The minimum absolute atomic E-state index is 0.0892.